The Kier molecular flexibility index (Phi) is 5.99. The lowest BCUT2D eigenvalue weighted by molar-refractivity contribution is -0.384. The highest BCUT2D eigenvalue weighted by molar-refractivity contribution is 7.99. The summed E-state index contributed by atoms with van der Waals surface area (Å²) in [4.78, 5) is 23.3. The fraction of sp³-hybridized carbons (Fsp3) is 0.118. The summed E-state index contributed by atoms with van der Waals surface area (Å²) < 4.78 is 1.91. The van der Waals surface area contributed by atoms with Crippen LogP contribution in [0.15, 0.2) is 59.6 Å². The molecule has 0 atom stereocenters. The van der Waals surface area contributed by atoms with E-state index in [2.05, 4.69) is 22.1 Å². The van der Waals surface area contributed by atoms with Gasteiger partial charge in [-0.3, -0.25) is 19.5 Å². The number of carbonyl (C=O) groups is 1. The Hall–Kier alpha value is -2.98. The molecule has 0 fully saturated rings. The van der Waals surface area contributed by atoms with Gasteiger partial charge in [-0.15, -0.1) is 28.1 Å². The van der Waals surface area contributed by atoms with E-state index < -0.39 is 4.92 Å². The summed E-state index contributed by atoms with van der Waals surface area (Å²) in [6, 6.07) is 9.58. The number of anilines is 1. The van der Waals surface area contributed by atoms with Gasteiger partial charge in [0.1, 0.15) is 0 Å². The second kappa shape index (κ2) is 8.60. The fourth-order valence-corrected chi connectivity index (χ4v) is 3.74. The van der Waals surface area contributed by atoms with Gasteiger partial charge in [0.15, 0.2) is 11.0 Å². The monoisotopic (exact) mass is 401 g/mol. The van der Waals surface area contributed by atoms with Crippen LogP contribution in [-0.2, 0) is 11.3 Å². The number of thioether (sulfide) groups is 1. The average molecular weight is 401 g/mol. The summed E-state index contributed by atoms with van der Waals surface area (Å²) in [6.07, 6.45) is 1.75. The number of nitrogens with zero attached hydrogens (tertiary/aromatic N) is 4. The molecular formula is C17H15N5O3S2. The van der Waals surface area contributed by atoms with Crippen LogP contribution in [0.25, 0.3) is 10.7 Å². The standard InChI is InChI=1S/C17H15N5O3S2/c1-2-9-21-16(14-4-3-10-26-14)19-20-17(21)27-11-15(23)18-12-5-7-13(8-6-12)22(24)25/h2-8,10H,1,9,11H2,(H,18,23). The van der Waals surface area contributed by atoms with Crippen molar-refractivity contribution in [2.24, 2.45) is 0 Å². The second-order valence-electron chi connectivity index (χ2n) is 5.32. The van der Waals surface area contributed by atoms with E-state index in [1.807, 2.05) is 22.1 Å². The van der Waals surface area contributed by atoms with Gasteiger partial charge < -0.3 is 5.32 Å². The Labute approximate surface area is 163 Å². The minimum Gasteiger partial charge on any atom is -0.325 e. The Balaban J connectivity index is 1.64. The minimum absolute atomic E-state index is 0.0268. The number of allylic oxidation sites excluding steroid dienone is 1. The van der Waals surface area contributed by atoms with Crippen molar-refractivity contribution in [3.8, 4) is 10.7 Å². The minimum atomic E-state index is -0.487. The first-order chi connectivity index (χ1) is 13.1. The summed E-state index contributed by atoms with van der Waals surface area (Å²) >= 11 is 2.83. The zero-order valence-electron chi connectivity index (χ0n) is 14.1. The highest BCUT2D eigenvalue weighted by Gasteiger charge is 2.15. The van der Waals surface area contributed by atoms with Crippen LogP contribution < -0.4 is 5.32 Å². The Morgan fingerprint density at radius 3 is 2.74 bits per heavy atom. The molecular weight excluding hydrogens is 386 g/mol. The van der Waals surface area contributed by atoms with E-state index in [0.29, 0.717) is 17.4 Å². The lowest BCUT2D eigenvalue weighted by atomic mass is 10.3. The molecule has 0 saturated heterocycles. The number of hydrogen-bond acceptors (Lipinski definition) is 7. The van der Waals surface area contributed by atoms with E-state index >= 15 is 0 Å². The van der Waals surface area contributed by atoms with E-state index in [0.717, 1.165) is 10.7 Å². The SMILES string of the molecule is C=CCn1c(SCC(=O)Nc2ccc([N+](=O)[O-])cc2)nnc1-c1cccs1. The maximum atomic E-state index is 12.2. The maximum Gasteiger partial charge on any atom is 0.269 e. The normalized spacial score (nSPS) is 10.5. The zero-order valence-corrected chi connectivity index (χ0v) is 15.7. The molecule has 1 N–H and O–H groups in total. The first-order valence-electron chi connectivity index (χ1n) is 7.83. The van der Waals surface area contributed by atoms with Gasteiger partial charge in [0, 0.05) is 24.4 Å². The van der Waals surface area contributed by atoms with Gasteiger partial charge in [-0.25, -0.2) is 0 Å². The number of non-ortho nitro benzene ring substituents is 1. The molecule has 0 aliphatic heterocycles. The first kappa shape index (κ1) is 18.8. The largest absolute Gasteiger partial charge is 0.325 e. The number of nitrogens with one attached hydrogen (secondary N) is 1. The molecule has 2 aromatic heterocycles. The quantitative estimate of drug-likeness (QED) is 0.266. The number of aromatic nitrogens is 3. The van der Waals surface area contributed by atoms with Crippen LogP contribution in [0.4, 0.5) is 11.4 Å². The molecule has 1 aromatic carbocycles. The number of thiophene rings is 1. The molecule has 2 heterocycles. The van der Waals surface area contributed by atoms with Gasteiger partial charge in [-0.1, -0.05) is 23.9 Å². The van der Waals surface area contributed by atoms with Gasteiger partial charge >= 0.3 is 0 Å². The third-order valence-electron chi connectivity index (χ3n) is 3.46. The van der Waals surface area contributed by atoms with Gasteiger partial charge in [-0.2, -0.15) is 0 Å². The molecule has 10 heteroatoms. The van der Waals surface area contributed by atoms with Crippen LogP contribution in [0, 0.1) is 10.1 Å². The van der Waals surface area contributed by atoms with E-state index in [1.165, 1.54) is 36.0 Å². The van der Waals surface area contributed by atoms with Crippen molar-refractivity contribution in [1.29, 1.82) is 0 Å². The number of hydrogen-bond donors (Lipinski definition) is 1. The van der Waals surface area contributed by atoms with Crippen LogP contribution in [-0.4, -0.2) is 31.3 Å². The van der Waals surface area contributed by atoms with Crippen LogP contribution in [0.1, 0.15) is 0 Å². The number of nitro benzene ring substituents is 1. The second-order valence-corrected chi connectivity index (χ2v) is 7.21. The van der Waals surface area contributed by atoms with E-state index in [1.54, 1.807) is 17.4 Å². The van der Waals surface area contributed by atoms with Crippen LogP contribution in [0.2, 0.25) is 0 Å². The lowest BCUT2D eigenvalue weighted by Crippen LogP contribution is -2.14. The molecule has 0 unspecified atom stereocenters. The third kappa shape index (κ3) is 4.60. The van der Waals surface area contributed by atoms with Gasteiger partial charge in [0.25, 0.3) is 5.69 Å². The molecule has 27 heavy (non-hydrogen) atoms. The van der Waals surface area contributed by atoms with E-state index in [9.17, 15) is 14.9 Å². The number of carbonyl (C=O) groups excluding carboxylic acids is 1. The Morgan fingerprint density at radius 1 is 1.33 bits per heavy atom. The van der Waals surface area contributed by atoms with Crippen molar-refractivity contribution < 1.29 is 9.72 Å². The molecule has 138 valence electrons. The van der Waals surface area contributed by atoms with Gasteiger partial charge in [-0.05, 0) is 23.6 Å². The highest BCUT2D eigenvalue weighted by Crippen LogP contribution is 2.27. The smallest absolute Gasteiger partial charge is 0.269 e. The Bertz CT molecular complexity index is 952. The Morgan fingerprint density at radius 2 is 2.11 bits per heavy atom. The average Bonchev–Trinajstić information content (AvgIpc) is 3.30. The number of benzene rings is 1. The summed E-state index contributed by atoms with van der Waals surface area (Å²) in [6.45, 7) is 4.29. The predicted molar refractivity (Wildman–Crippen MR) is 106 cm³/mol. The molecule has 0 bridgehead atoms. The maximum absolute atomic E-state index is 12.2. The van der Waals surface area contributed by atoms with Crippen molar-refractivity contribution >= 4 is 40.4 Å². The number of rotatable bonds is 8. The van der Waals surface area contributed by atoms with Crippen molar-refractivity contribution in [1.82, 2.24) is 14.8 Å². The highest BCUT2D eigenvalue weighted by atomic mass is 32.2. The van der Waals surface area contributed by atoms with Crippen LogP contribution in [0.3, 0.4) is 0 Å². The van der Waals surface area contributed by atoms with Crippen molar-refractivity contribution in [2.75, 3.05) is 11.1 Å². The fourth-order valence-electron chi connectivity index (χ4n) is 2.27. The summed E-state index contributed by atoms with van der Waals surface area (Å²) in [5.74, 6) is 0.638. The lowest BCUT2D eigenvalue weighted by Gasteiger charge is -2.07. The number of nitro groups is 1. The van der Waals surface area contributed by atoms with Crippen molar-refractivity contribution in [2.45, 2.75) is 11.7 Å². The summed E-state index contributed by atoms with van der Waals surface area (Å²) in [5.41, 5.74) is 0.471. The zero-order chi connectivity index (χ0) is 19.2. The van der Waals surface area contributed by atoms with Gasteiger partial charge in [0.2, 0.25) is 5.91 Å². The molecule has 1 amide bonds. The van der Waals surface area contributed by atoms with Crippen LogP contribution in [0.5, 0.6) is 0 Å². The van der Waals surface area contributed by atoms with Crippen LogP contribution >= 0.6 is 23.1 Å². The topological polar surface area (TPSA) is 103 Å². The molecule has 0 spiro atoms. The van der Waals surface area contributed by atoms with E-state index in [4.69, 9.17) is 0 Å². The molecule has 0 saturated carbocycles. The summed E-state index contributed by atoms with van der Waals surface area (Å²) in [5, 5.41) is 24.4. The first-order valence-corrected chi connectivity index (χ1v) is 9.70. The molecule has 0 radical (unpaired) electrons. The molecule has 3 aromatic rings. The summed E-state index contributed by atoms with van der Waals surface area (Å²) in [7, 11) is 0. The third-order valence-corrected chi connectivity index (χ3v) is 5.30. The molecule has 0 aliphatic carbocycles. The molecule has 0 aliphatic rings. The number of amides is 1. The molecule has 8 nitrogen and oxygen atoms in total. The predicted octanol–water partition coefficient (Wildman–Crippen LogP) is 3.83. The van der Waals surface area contributed by atoms with Crippen molar-refractivity contribution in [3.05, 3.63) is 64.5 Å². The van der Waals surface area contributed by atoms with Crippen molar-refractivity contribution in [3.63, 3.8) is 0 Å². The van der Waals surface area contributed by atoms with E-state index in [-0.39, 0.29) is 17.3 Å². The molecule has 3 rings (SSSR count). The van der Waals surface area contributed by atoms with Gasteiger partial charge in [0.05, 0.1) is 15.6 Å².